The van der Waals surface area contributed by atoms with Gasteiger partial charge in [-0.1, -0.05) is 86.6 Å². The maximum absolute atomic E-state index is 13.4. The number of aliphatic carboxylic acids is 1. The molecule has 0 aliphatic rings. The van der Waals surface area contributed by atoms with E-state index in [1.807, 2.05) is 87.5 Å². The predicted octanol–water partition coefficient (Wildman–Crippen LogP) is 8.02. The van der Waals surface area contributed by atoms with Crippen LogP contribution in [0.4, 0.5) is 5.69 Å². The fraction of sp³-hybridized carbons (Fsp3) is 0.359. The Kier molecular flexibility index (Phi) is 12.3. The molecule has 1 heterocycles. The Labute approximate surface area is 288 Å². The minimum absolute atomic E-state index is 0.0396. The molecule has 0 saturated heterocycles. The largest absolute Gasteiger partial charge is 0.481 e. The summed E-state index contributed by atoms with van der Waals surface area (Å²) in [5, 5.41) is 16.9. The maximum atomic E-state index is 13.4. The quantitative estimate of drug-likeness (QED) is 0.112. The molecule has 4 aromatic rings. The van der Waals surface area contributed by atoms with E-state index in [0.717, 1.165) is 38.4 Å². The van der Waals surface area contributed by atoms with Crippen LogP contribution in [0, 0.1) is 5.41 Å². The lowest BCUT2D eigenvalue weighted by molar-refractivity contribution is -0.139. The summed E-state index contributed by atoms with van der Waals surface area (Å²) in [6.07, 6.45) is 0.939. The monoisotopic (exact) mass is 669 g/mol. The summed E-state index contributed by atoms with van der Waals surface area (Å²) < 4.78 is 5.96. The molecule has 1 atom stereocenters. The first kappa shape index (κ1) is 36.5. The van der Waals surface area contributed by atoms with Crippen LogP contribution in [0.25, 0.3) is 21.6 Å². The summed E-state index contributed by atoms with van der Waals surface area (Å²) in [5.41, 5.74) is 4.69. The summed E-state index contributed by atoms with van der Waals surface area (Å²) in [6.45, 7) is 8.49. The van der Waals surface area contributed by atoms with Crippen molar-refractivity contribution in [2.75, 3.05) is 26.0 Å². The Morgan fingerprint density at radius 1 is 0.875 bits per heavy atom. The standard InChI is InChI=1S/C39H47N3O5S/c1-38(2,22-23-47-39(3,4)21-19-33(43)44)37(46)41-32-20-24-48-35(32)31-14-10-13-30(25-31)28-17-15-27(16-18-28)26-42(6)34(36(45)40-5)29-11-8-7-9-12-29/h7-18,20,24-25,34H,19,21-23,26H2,1-6H3,(H,40,45)(H,41,46)(H,43,44)/t34-/m0/s1. The highest BCUT2D eigenvalue weighted by Gasteiger charge is 2.30. The van der Waals surface area contributed by atoms with E-state index in [2.05, 4.69) is 53.1 Å². The van der Waals surface area contributed by atoms with Crippen LogP contribution < -0.4 is 10.6 Å². The molecule has 48 heavy (non-hydrogen) atoms. The molecule has 0 bridgehead atoms. The molecule has 0 aliphatic carbocycles. The molecule has 0 aliphatic heterocycles. The van der Waals surface area contributed by atoms with Gasteiger partial charge < -0.3 is 20.5 Å². The molecule has 8 nitrogen and oxygen atoms in total. The highest BCUT2D eigenvalue weighted by atomic mass is 32.1. The fourth-order valence-electron chi connectivity index (χ4n) is 5.50. The van der Waals surface area contributed by atoms with Gasteiger partial charge in [-0.05, 0) is 79.1 Å². The Bertz CT molecular complexity index is 1680. The second-order valence-electron chi connectivity index (χ2n) is 13.4. The van der Waals surface area contributed by atoms with Gasteiger partial charge in [0.25, 0.3) is 0 Å². The van der Waals surface area contributed by atoms with Crippen molar-refractivity contribution in [3.8, 4) is 21.6 Å². The number of benzene rings is 3. The number of ether oxygens (including phenoxy) is 1. The Balaban J connectivity index is 1.41. The lowest BCUT2D eigenvalue weighted by atomic mass is 9.88. The second kappa shape index (κ2) is 16.2. The van der Waals surface area contributed by atoms with Crippen molar-refractivity contribution >= 4 is 34.8 Å². The normalized spacial score (nSPS) is 12.5. The molecule has 9 heteroatoms. The van der Waals surface area contributed by atoms with Crippen LogP contribution in [0.15, 0.2) is 90.3 Å². The van der Waals surface area contributed by atoms with Crippen molar-refractivity contribution in [2.24, 2.45) is 5.41 Å². The molecule has 3 aromatic carbocycles. The SMILES string of the molecule is CNC(=O)[C@H](c1ccccc1)N(C)Cc1ccc(-c2cccc(-c3sccc3NC(=O)C(C)(C)CCOC(C)(C)CCC(=O)O)c2)cc1. The van der Waals surface area contributed by atoms with Gasteiger partial charge in [0, 0.05) is 32.0 Å². The molecule has 0 spiro atoms. The molecular formula is C39H47N3O5S. The molecule has 0 unspecified atom stereocenters. The van der Waals surface area contributed by atoms with Crippen LogP contribution in [0.2, 0.25) is 0 Å². The molecule has 1 aromatic heterocycles. The first-order valence-corrected chi connectivity index (χ1v) is 17.1. The van der Waals surface area contributed by atoms with Gasteiger partial charge in [0.15, 0.2) is 0 Å². The topological polar surface area (TPSA) is 108 Å². The number of anilines is 1. The molecule has 3 N–H and O–H groups in total. The zero-order valence-electron chi connectivity index (χ0n) is 28.7. The third kappa shape index (κ3) is 9.86. The first-order chi connectivity index (χ1) is 22.8. The highest BCUT2D eigenvalue weighted by Crippen LogP contribution is 2.37. The average Bonchev–Trinajstić information content (AvgIpc) is 3.52. The minimum Gasteiger partial charge on any atom is -0.481 e. The number of nitrogens with zero attached hydrogens (tertiary/aromatic N) is 1. The Hall–Kier alpha value is -4.31. The number of carboxylic acids is 1. The van der Waals surface area contributed by atoms with Crippen LogP contribution in [-0.2, 0) is 25.7 Å². The summed E-state index contributed by atoms with van der Waals surface area (Å²) in [6, 6.07) is 28.0. The van der Waals surface area contributed by atoms with E-state index in [4.69, 9.17) is 9.84 Å². The molecule has 2 amide bonds. The highest BCUT2D eigenvalue weighted by molar-refractivity contribution is 7.14. The smallest absolute Gasteiger partial charge is 0.303 e. The molecular weight excluding hydrogens is 623 g/mol. The van der Waals surface area contributed by atoms with Crippen molar-refractivity contribution in [3.63, 3.8) is 0 Å². The van der Waals surface area contributed by atoms with E-state index < -0.39 is 23.0 Å². The third-order valence-electron chi connectivity index (χ3n) is 8.58. The number of likely N-dealkylation sites (N-methyl/N-ethyl adjacent to an activating group) is 2. The predicted molar refractivity (Wildman–Crippen MR) is 194 cm³/mol. The zero-order chi connectivity index (χ0) is 34.9. The van der Waals surface area contributed by atoms with Gasteiger partial charge in [0.1, 0.15) is 6.04 Å². The molecule has 0 radical (unpaired) electrons. The van der Waals surface area contributed by atoms with E-state index in [1.54, 1.807) is 18.4 Å². The first-order valence-electron chi connectivity index (χ1n) is 16.2. The number of rotatable bonds is 16. The van der Waals surface area contributed by atoms with Crippen molar-refractivity contribution in [1.82, 2.24) is 10.2 Å². The lowest BCUT2D eigenvalue weighted by Crippen LogP contribution is -2.36. The number of nitrogens with one attached hydrogen (secondary N) is 2. The number of thiophene rings is 1. The van der Waals surface area contributed by atoms with Gasteiger partial charge in [-0.3, -0.25) is 19.3 Å². The summed E-state index contributed by atoms with van der Waals surface area (Å²) in [4.78, 5) is 40.1. The van der Waals surface area contributed by atoms with Gasteiger partial charge in [-0.15, -0.1) is 11.3 Å². The summed E-state index contributed by atoms with van der Waals surface area (Å²) in [7, 11) is 3.62. The van der Waals surface area contributed by atoms with Crippen molar-refractivity contribution in [3.05, 3.63) is 101 Å². The van der Waals surface area contributed by atoms with Gasteiger partial charge in [-0.2, -0.15) is 0 Å². The number of hydrogen-bond donors (Lipinski definition) is 3. The van der Waals surface area contributed by atoms with Crippen molar-refractivity contribution < 1.29 is 24.2 Å². The number of carbonyl (C=O) groups is 3. The van der Waals surface area contributed by atoms with Crippen LogP contribution in [-0.4, -0.2) is 54.1 Å². The molecule has 4 rings (SSSR count). The van der Waals surface area contributed by atoms with Gasteiger partial charge in [-0.25, -0.2) is 0 Å². The minimum atomic E-state index is -0.849. The number of amides is 2. The lowest BCUT2D eigenvalue weighted by Gasteiger charge is -2.28. The molecule has 0 fully saturated rings. The fourth-order valence-corrected chi connectivity index (χ4v) is 6.35. The van der Waals surface area contributed by atoms with Crippen LogP contribution >= 0.6 is 11.3 Å². The Morgan fingerprint density at radius 3 is 2.23 bits per heavy atom. The van der Waals surface area contributed by atoms with E-state index in [9.17, 15) is 14.4 Å². The zero-order valence-corrected chi connectivity index (χ0v) is 29.5. The van der Waals surface area contributed by atoms with E-state index >= 15 is 0 Å². The van der Waals surface area contributed by atoms with E-state index in [-0.39, 0.29) is 18.2 Å². The summed E-state index contributed by atoms with van der Waals surface area (Å²) >= 11 is 1.58. The number of carboxylic acid groups (broad SMARTS) is 1. The van der Waals surface area contributed by atoms with E-state index in [0.29, 0.717) is 26.0 Å². The van der Waals surface area contributed by atoms with Crippen molar-refractivity contribution in [1.29, 1.82) is 0 Å². The third-order valence-corrected chi connectivity index (χ3v) is 9.55. The number of hydrogen-bond acceptors (Lipinski definition) is 6. The van der Waals surface area contributed by atoms with Crippen LogP contribution in [0.1, 0.15) is 64.1 Å². The second-order valence-corrected chi connectivity index (χ2v) is 14.3. The summed E-state index contributed by atoms with van der Waals surface area (Å²) in [5.74, 6) is -0.998. The van der Waals surface area contributed by atoms with Crippen LogP contribution in [0.5, 0.6) is 0 Å². The van der Waals surface area contributed by atoms with Gasteiger partial charge >= 0.3 is 5.97 Å². The molecule has 254 valence electrons. The van der Waals surface area contributed by atoms with Gasteiger partial charge in [0.2, 0.25) is 11.8 Å². The maximum Gasteiger partial charge on any atom is 0.303 e. The van der Waals surface area contributed by atoms with Crippen LogP contribution in [0.3, 0.4) is 0 Å². The Morgan fingerprint density at radius 2 is 1.56 bits per heavy atom. The number of carbonyl (C=O) groups excluding carboxylic acids is 2. The average molecular weight is 670 g/mol. The molecule has 0 saturated carbocycles. The van der Waals surface area contributed by atoms with E-state index in [1.165, 1.54) is 0 Å². The van der Waals surface area contributed by atoms with Gasteiger partial charge in [0.05, 0.1) is 16.2 Å². The van der Waals surface area contributed by atoms with Crippen molar-refractivity contribution in [2.45, 2.75) is 65.1 Å².